The highest BCUT2D eigenvalue weighted by molar-refractivity contribution is 5.83. The van der Waals surface area contributed by atoms with Crippen LogP contribution in [0.2, 0.25) is 0 Å². The number of esters is 1. The molecule has 0 aliphatic carbocycles. The zero-order valence-corrected chi connectivity index (χ0v) is 9.85. The number of methoxy groups -OCH3 is 2. The lowest BCUT2D eigenvalue weighted by Crippen LogP contribution is -2.47. The molecule has 2 atom stereocenters. The number of carboxylic acids is 1. The Balaban J connectivity index is 4.02. The molecule has 0 heterocycles. The Morgan fingerprint density at radius 2 is 1.88 bits per heavy atom. The minimum atomic E-state index is -1.19. The van der Waals surface area contributed by atoms with Crippen molar-refractivity contribution in [1.29, 1.82) is 0 Å². The molecule has 0 aromatic heterocycles. The molecule has 0 rings (SSSR count). The molecule has 3 N–H and O–H groups in total. The molecular formula is C9H16N2O6. The van der Waals surface area contributed by atoms with E-state index in [0.717, 1.165) is 0 Å². The maximum absolute atomic E-state index is 11.2. The van der Waals surface area contributed by atoms with Crippen molar-refractivity contribution in [2.75, 3.05) is 20.8 Å². The second-order valence-electron chi connectivity index (χ2n) is 3.16. The van der Waals surface area contributed by atoms with Gasteiger partial charge in [0, 0.05) is 7.11 Å². The fraction of sp³-hybridized carbons (Fsp3) is 0.667. The van der Waals surface area contributed by atoms with Crippen molar-refractivity contribution in [3.63, 3.8) is 0 Å². The van der Waals surface area contributed by atoms with Gasteiger partial charge in [-0.15, -0.1) is 0 Å². The predicted octanol–water partition coefficient (Wildman–Crippen LogP) is -1.05. The number of rotatable bonds is 6. The third kappa shape index (κ3) is 5.71. The van der Waals surface area contributed by atoms with Gasteiger partial charge in [0.2, 0.25) is 0 Å². The molecule has 0 spiro atoms. The van der Waals surface area contributed by atoms with E-state index in [1.54, 1.807) is 0 Å². The molecule has 0 fully saturated rings. The van der Waals surface area contributed by atoms with Crippen molar-refractivity contribution in [2.45, 2.75) is 19.1 Å². The molecule has 2 unspecified atom stereocenters. The number of amides is 2. The zero-order chi connectivity index (χ0) is 13.4. The van der Waals surface area contributed by atoms with E-state index >= 15 is 0 Å². The molecule has 98 valence electrons. The fourth-order valence-corrected chi connectivity index (χ4v) is 0.940. The van der Waals surface area contributed by atoms with Gasteiger partial charge in [-0.25, -0.2) is 14.4 Å². The van der Waals surface area contributed by atoms with E-state index in [1.165, 1.54) is 21.1 Å². The Morgan fingerprint density at radius 1 is 1.29 bits per heavy atom. The Hall–Kier alpha value is -1.83. The molecule has 0 bridgehead atoms. The van der Waals surface area contributed by atoms with E-state index in [4.69, 9.17) is 5.11 Å². The van der Waals surface area contributed by atoms with E-state index in [1.807, 2.05) is 0 Å². The van der Waals surface area contributed by atoms with E-state index < -0.39 is 30.1 Å². The predicted molar refractivity (Wildman–Crippen MR) is 56.4 cm³/mol. The number of carbonyl (C=O) groups excluding carboxylic acids is 2. The molecule has 0 saturated carbocycles. The first-order valence-corrected chi connectivity index (χ1v) is 4.80. The van der Waals surface area contributed by atoms with Crippen molar-refractivity contribution in [3.8, 4) is 0 Å². The van der Waals surface area contributed by atoms with Crippen molar-refractivity contribution < 1.29 is 29.0 Å². The Labute approximate surface area is 98.3 Å². The van der Waals surface area contributed by atoms with Gasteiger partial charge >= 0.3 is 18.0 Å². The lowest BCUT2D eigenvalue weighted by Gasteiger charge is -2.14. The Bertz CT molecular complexity index is 293. The van der Waals surface area contributed by atoms with Crippen LogP contribution in [0, 0.1) is 0 Å². The van der Waals surface area contributed by atoms with Gasteiger partial charge in [-0.2, -0.15) is 0 Å². The van der Waals surface area contributed by atoms with Crippen LogP contribution in [0.25, 0.3) is 0 Å². The summed E-state index contributed by atoms with van der Waals surface area (Å²) in [6.07, 6.45) is -1.13. The number of urea groups is 1. The van der Waals surface area contributed by atoms with E-state index in [9.17, 15) is 14.4 Å². The summed E-state index contributed by atoms with van der Waals surface area (Å²) in [5.74, 6) is -1.78. The number of nitrogens with one attached hydrogen (secondary N) is 2. The van der Waals surface area contributed by atoms with Gasteiger partial charge < -0.3 is 25.2 Å². The summed E-state index contributed by atoms with van der Waals surface area (Å²) in [6, 6.07) is -1.49. The number of carbonyl (C=O) groups is 3. The second kappa shape index (κ2) is 7.44. The van der Waals surface area contributed by atoms with Crippen LogP contribution in [-0.4, -0.2) is 56.0 Å². The van der Waals surface area contributed by atoms with Gasteiger partial charge in [-0.3, -0.25) is 0 Å². The van der Waals surface area contributed by atoms with Crippen LogP contribution in [0.4, 0.5) is 4.79 Å². The molecule has 8 nitrogen and oxygen atoms in total. The molecule has 0 radical (unpaired) electrons. The lowest BCUT2D eigenvalue weighted by atomic mass is 10.3. The van der Waals surface area contributed by atoms with Crippen LogP contribution in [0.5, 0.6) is 0 Å². The van der Waals surface area contributed by atoms with Crippen LogP contribution in [0.1, 0.15) is 6.92 Å². The topological polar surface area (TPSA) is 114 Å². The van der Waals surface area contributed by atoms with Gasteiger partial charge in [0.25, 0.3) is 0 Å². The highest BCUT2D eigenvalue weighted by Crippen LogP contribution is 1.89. The van der Waals surface area contributed by atoms with Crippen LogP contribution < -0.4 is 10.6 Å². The maximum atomic E-state index is 11.2. The lowest BCUT2D eigenvalue weighted by molar-refractivity contribution is -0.148. The monoisotopic (exact) mass is 248 g/mol. The fourth-order valence-electron chi connectivity index (χ4n) is 0.940. The molecule has 0 aromatic rings. The zero-order valence-electron chi connectivity index (χ0n) is 9.85. The number of carboxylic acid groups (broad SMARTS) is 1. The molecule has 2 amide bonds. The summed E-state index contributed by atoms with van der Waals surface area (Å²) in [5, 5.41) is 13.2. The molecule has 0 saturated heterocycles. The first kappa shape index (κ1) is 15.2. The summed E-state index contributed by atoms with van der Waals surface area (Å²) >= 11 is 0. The Kier molecular flexibility index (Phi) is 6.64. The van der Waals surface area contributed by atoms with Crippen LogP contribution in [0.3, 0.4) is 0 Å². The summed E-state index contributed by atoms with van der Waals surface area (Å²) in [7, 11) is 2.42. The van der Waals surface area contributed by atoms with Crippen LogP contribution in [-0.2, 0) is 19.1 Å². The number of hydrogen-bond acceptors (Lipinski definition) is 5. The first-order valence-electron chi connectivity index (χ1n) is 4.80. The van der Waals surface area contributed by atoms with Crippen LogP contribution in [0.15, 0.2) is 0 Å². The van der Waals surface area contributed by atoms with Crippen molar-refractivity contribution in [1.82, 2.24) is 10.6 Å². The molecular weight excluding hydrogens is 232 g/mol. The molecule has 17 heavy (non-hydrogen) atoms. The molecule has 0 aliphatic heterocycles. The summed E-state index contributed by atoms with van der Waals surface area (Å²) in [6.45, 7) is 1.24. The minimum absolute atomic E-state index is 0.203. The third-order valence-corrected chi connectivity index (χ3v) is 1.91. The quantitative estimate of drug-likeness (QED) is 0.517. The summed E-state index contributed by atoms with van der Waals surface area (Å²) in [4.78, 5) is 32.8. The maximum Gasteiger partial charge on any atom is 0.334 e. The third-order valence-electron chi connectivity index (χ3n) is 1.91. The van der Waals surface area contributed by atoms with Crippen molar-refractivity contribution >= 4 is 18.0 Å². The number of hydrogen-bond donors (Lipinski definition) is 3. The van der Waals surface area contributed by atoms with Gasteiger partial charge in [0.15, 0.2) is 6.10 Å². The SMILES string of the molecule is COC(=O)C(C)NC(=O)NCC(OC)C(=O)O. The van der Waals surface area contributed by atoms with E-state index in [2.05, 4.69) is 20.1 Å². The number of aliphatic carboxylic acids is 1. The smallest absolute Gasteiger partial charge is 0.334 e. The molecule has 0 aliphatic rings. The van der Waals surface area contributed by atoms with Gasteiger partial charge in [0.05, 0.1) is 13.7 Å². The van der Waals surface area contributed by atoms with Gasteiger partial charge in [-0.05, 0) is 6.92 Å². The van der Waals surface area contributed by atoms with Crippen molar-refractivity contribution in [2.24, 2.45) is 0 Å². The Morgan fingerprint density at radius 3 is 2.29 bits per heavy atom. The first-order chi connectivity index (χ1) is 7.92. The average molecular weight is 248 g/mol. The standard InChI is InChI=1S/C9H16N2O6/c1-5(8(14)17-3)11-9(15)10-4-6(16-2)7(12)13/h5-6H,4H2,1-3H3,(H,12,13)(H2,10,11,15). The number of ether oxygens (including phenoxy) is 2. The van der Waals surface area contributed by atoms with E-state index in [0.29, 0.717) is 0 Å². The molecule has 8 heteroatoms. The molecule has 0 aromatic carbocycles. The van der Waals surface area contributed by atoms with Crippen molar-refractivity contribution in [3.05, 3.63) is 0 Å². The van der Waals surface area contributed by atoms with Gasteiger partial charge in [0.1, 0.15) is 6.04 Å². The second-order valence-corrected chi connectivity index (χ2v) is 3.16. The largest absolute Gasteiger partial charge is 0.479 e. The highest BCUT2D eigenvalue weighted by atomic mass is 16.5. The highest BCUT2D eigenvalue weighted by Gasteiger charge is 2.19. The summed E-state index contributed by atoms with van der Waals surface area (Å²) in [5.41, 5.74) is 0. The van der Waals surface area contributed by atoms with Crippen LogP contribution >= 0.6 is 0 Å². The van der Waals surface area contributed by atoms with Gasteiger partial charge in [-0.1, -0.05) is 0 Å². The minimum Gasteiger partial charge on any atom is -0.479 e. The summed E-state index contributed by atoms with van der Waals surface area (Å²) < 4.78 is 9.00. The average Bonchev–Trinajstić information content (AvgIpc) is 2.28. The normalized spacial score (nSPS) is 13.4. The van der Waals surface area contributed by atoms with E-state index in [-0.39, 0.29) is 6.54 Å².